The second-order valence-corrected chi connectivity index (χ2v) is 9.41. The molecule has 7 heteroatoms. The van der Waals surface area contributed by atoms with Crippen LogP contribution in [0.2, 0.25) is 0 Å². The van der Waals surface area contributed by atoms with Gasteiger partial charge in [-0.05, 0) is 74.9 Å². The van der Waals surface area contributed by atoms with Crippen LogP contribution in [-0.4, -0.2) is 41.4 Å². The molecule has 0 atom stereocenters. The summed E-state index contributed by atoms with van der Waals surface area (Å²) in [5.41, 5.74) is 6.05. The Morgan fingerprint density at radius 2 is 1.80 bits per heavy atom. The highest BCUT2D eigenvalue weighted by atomic mass is 32.2. The first kappa shape index (κ1) is 24.4. The van der Waals surface area contributed by atoms with Crippen LogP contribution < -0.4 is 4.90 Å². The molecule has 1 aliphatic rings. The Labute approximate surface area is 210 Å². The van der Waals surface area contributed by atoms with Crippen molar-refractivity contribution in [1.82, 2.24) is 4.57 Å². The summed E-state index contributed by atoms with van der Waals surface area (Å²) in [6.45, 7) is 6.05. The van der Waals surface area contributed by atoms with Crippen molar-refractivity contribution in [2.45, 2.75) is 20.8 Å². The smallest absolute Gasteiger partial charge is 0.344 e. The summed E-state index contributed by atoms with van der Waals surface area (Å²) in [5, 5.41) is 11.4. The second-order valence-electron chi connectivity index (χ2n) is 8.38. The lowest BCUT2D eigenvalue weighted by Gasteiger charge is -2.15. The molecule has 0 spiro atoms. The average Bonchev–Trinajstić information content (AvgIpc) is 3.29. The molecule has 0 amide bonds. The molecule has 0 unspecified atom stereocenters. The third kappa shape index (κ3) is 5.05. The molecule has 0 fully saturated rings. The van der Waals surface area contributed by atoms with Gasteiger partial charge in [-0.1, -0.05) is 30.0 Å². The number of aliphatic imine (C=N–C) groups is 1. The average molecular weight is 488 g/mol. The van der Waals surface area contributed by atoms with E-state index < -0.39 is 5.97 Å². The highest BCUT2D eigenvalue weighted by Crippen LogP contribution is 2.41. The number of aliphatic hydroxyl groups is 1. The maximum absolute atomic E-state index is 12.7. The van der Waals surface area contributed by atoms with Gasteiger partial charge >= 0.3 is 5.97 Å². The van der Waals surface area contributed by atoms with Crippen LogP contribution in [-0.2, 0) is 9.53 Å². The third-order valence-electron chi connectivity index (χ3n) is 5.74. The van der Waals surface area contributed by atoms with E-state index in [1.807, 2.05) is 57.4 Å². The second kappa shape index (κ2) is 10.3. The summed E-state index contributed by atoms with van der Waals surface area (Å²) in [7, 11) is 4.04. The number of hydrogen-bond acceptors (Lipinski definition) is 6. The topological polar surface area (TPSA) is 67.1 Å². The van der Waals surface area contributed by atoms with Crippen molar-refractivity contribution in [2.24, 2.45) is 4.99 Å². The Hall–Kier alpha value is -3.71. The number of benzene rings is 2. The number of carbonyl (C=O) groups excluding carboxylic acids is 1. The number of anilines is 1. The summed E-state index contributed by atoms with van der Waals surface area (Å²) in [4.78, 5) is 19.9. The van der Waals surface area contributed by atoms with Gasteiger partial charge < -0.3 is 19.3 Å². The summed E-state index contributed by atoms with van der Waals surface area (Å²) in [6.07, 6.45) is 1.90. The highest BCUT2D eigenvalue weighted by Gasteiger charge is 2.33. The predicted octanol–water partition coefficient (Wildman–Crippen LogP) is 6.35. The number of aromatic nitrogens is 1. The first-order chi connectivity index (χ1) is 16.8. The lowest BCUT2D eigenvalue weighted by molar-refractivity contribution is -0.138. The van der Waals surface area contributed by atoms with Crippen molar-refractivity contribution in [3.05, 3.63) is 93.9 Å². The monoisotopic (exact) mass is 487 g/mol. The molecule has 3 aromatic rings. The third-order valence-corrected chi connectivity index (χ3v) is 6.76. The fourth-order valence-electron chi connectivity index (χ4n) is 3.98. The van der Waals surface area contributed by atoms with Crippen molar-refractivity contribution in [1.29, 1.82) is 0 Å². The molecular formula is C28H29N3O3S. The molecule has 35 heavy (non-hydrogen) atoms. The Kier molecular flexibility index (Phi) is 7.17. The van der Waals surface area contributed by atoms with Gasteiger partial charge in [-0.15, -0.1) is 0 Å². The minimum Gasteiger partial charge on any atom is -0.506 e. The molecule has 2 heterocycles. The minimum absolute atomic E-state index is 0.0973. The molecule has 2 aromatic carbocycles. The van der Waals surface area contributed by atoms with Crippen molar-refractivity contribution in [2.75, 3.05) is 25.6 Å². The van der Waals surface area contributed by atoms with E-state index in [2.05, 4.69) is 51.7 Å². The van der Waals surface area contributed by atoms with Gasteiger partial charge in [0.25, 0.3) is 0 Å². The summed E-state index contributed by atoms with van der Waals surface area (Å²) in [6, 6.07) is 19.8. The lowest BCUT2D eigenvalue weighted by Crippen LogP contribution is -2.12. The quantitative estimate of drug-likeness (QED) is 0.410. The standard InChI is InChI=1S/C28H29N3O3S/c1-6-34-28(33)25-26(32)24(35-27(25)29-21-10-8-7-9-11-21)17-20-16-18(2)31(19(20)3)23-14-12-22(13-15-23)30(4)5/h7-17,32H,6H2,1-5H3/b24-17-,29-27?. The molecule has 180 valence electrons. The van der Waals surface area contributed by atoms with E-state index in [-0.39, 0.29) is 17.9 Å². The van der Waals surface area contributed by atoms with Gasteiger partial charge in [0.15, 0.2) is 0 Å². The first-order valence-corrected chi connectivity index (χ1v) is 12.2. The summed E-state index contributed by atoms with van der Waals surface area (Å²) < 4.78 is 7.39. The van der Waals surface area contributed by atoms with Gasteiger partial charge in [-0.2, -0.15) is 0 Å². The zero-order valence-corrected chi connectivity index (χ0v) is 21.4. The number of aryl methyl sites for hydroxylation is 1. The molecule has 1 aliphatic heterocycles. The van der Waals surface area contributed by atoms with Crippen molar-refractivity contribution in [3.8, 4) is 5.69 Å². The fraction of sp³-hybridized carbons (Fsp3) is 0.214. The molecule has 0 bridgehead atoms. The molecule has 4 rings (SSSR count). The normalized spacial score (nSPS) is 15.8. The maximum atomic E-state index is 12.7. The number of ether oxygens (including phenoxy) is 1. The number of para-hydroxylation sites is 1. The summed E-state index contributed by atoms with van der Waals surface area (Å²) in [5.74, 6) is -0.690. The van der Waals surface area contributed by atoms with Crippen LogP contribution in [0.3, 0.4) is 0 Å². The number of aliphatic hydroxyl groups excluding tert-OH is 1. The molecule has 1 aromatic heterocycles. The van der Waals surface area contributed by atoms with Crippen molar-refractivity contribution in [3.63, 3.8) is 0 Å². The maximum Gasteiger partial charge on any atom is 0.344 e. The number of nitrogens with zero attached hydrogens (tertiary/aromatic N) is 3. The Morgan fingerprint density at radius 3 is 2.43 bits per heavy atom. The van der Waals surface area contributed by atoms with Crippen molar-refractivity contribution < 1.29 is 14.6 Å². The number of hydrogen-bond donors (Lipinski definition) is 1. The van der Waals surface area contributed by atoms with Gasteiger partial charge in [0.2, 0.25) is 0 Å². The molecule has 0 saturated carbocycles. The highest BCUT2D eigenvalue weighted by molar-refractivity contribution is 8.18. The van der Waals surface area contributed by atoms with E-state index in [9.17, 15) is 9.90 Å². The Morgan fingerprint density at radius 1 is 1.11 bits per heavy atom. The van der Waals surface area contributed by atoms with Crippen LogP contribution >= 0.6 is 11.8 Å². The molecule has 0 saturated heterocycles. The minimum atomic E-state index is -0.581. The van der Waals surface area contributed by atoms with Crippen LogP contribution in [0.15, 0.2) is 81.9 Å². The molecule has 6 nitrogen and oxygen atoms in total. The van der Waals surface area contributed by atoms with E-state index in [0.29, 0.717) is 15.6 Å². The van der Waals surface area contributed by atoms with Gasteiger partial charge in [0, 0.05) is 36.9 Å². The number of carbonyl (C=O) groups is 1. The van der Waals surface area contributed by atoms with Gasteiger partial charge in [0.1, 0.15) is 16.4 Å². The molecule has 1 N–H and O–H groups in total. The zero-order valence-electron chi connectivity index (χ0n) is 20.6. The lowest BCUT2D eigenvalue weighted by atomic mass is 10.1. The molecule has 0 aliphatic carbocycles. The molecule has 0 radical (unpaired) electrons. The first-order valence-electron chi connectivity index (χ1n) is 11.4. The van der Waals surface area contributed by atoms with Crippen LogP contribution in [0.1, 0.15) is 23.9 Å². The largest absolute Gasteiger partial charge is 0.506 e. The van der Waals surface area contributed by atoms with E-state index >= 15 is 0 Å². The van der Waals surface area contributed by atoms with Crippen LogP contribution in [0.25, 0.3) is 11.8 Å². The van der Waals surface area contributed by atoms with E-state index in [1.54, 1.807) is 6.92 Å². The predicted molar refractivity (Wildman–Crippen MR) is 145 cm³/mol. The number of rotatable bonds is 6. The van der Waals surface area contributed by atoms with Gasteiger partial charge in [-0.3, -0.25) is 0 Å². The van der Waals surface area contributed by atoms with E-state index in [0.717, 1.165) is 28.3 Å². The van der Waals surface area contributed by atoms with E-state index in [1.165, 1.54) is 11.8 Å². The SMILES string of the molecule is CCOC(=O)C1=C(O)/C(=C/c2cc(C)n(-c3ccc(N(C)C)cc3)c2C)SC1=Nc1ccccc1. The molecular weight excluding hydrogens is 458 g/mol. The van der Waals surface area contributed by atoms with Crippen LogP contribution in [0.4, 0.5) is 11.4 Å². The zero-order chi connectivity index (χ0) is 25.1. The number of thioether (sulfide) groups is 1. The van der Waals surface area contributed by atoms with Gasteiger partial charge in [-0.25, -0.2) is 9.79 Å². The van der Waals surface area contributed by atoms with Gasteiger partial charge in [0.05, 0.1) is 17.2 Å². The Bertz CT molecular complexity index is 1330. The van der Waals surface area contributed by atoms with Crippen molar-refractivity contribution >= 4 is 40.2 Å². The Balaban J connectivity index is 1.74. The van der Waals surface area contributed by atoms with Crippen LogP contribution in [0.5, 0.6) is 0 Å². The number of esters is 1. The summed E-state index contributed by atoms with van der Waals surface area (Å²) >= 11 is 1.27. The van der Waals surface area contributed by atoms with E-state index in [4.69, 9.17) is 4.74 Å². The fourth-order valence-corrected chi connectivity index (χ4v) is 5.01. The van der Waals surface area contributed by atoms with Crippen LogP contribution in [0, 0.1) is 13.8 Å².